The van der Waals surface area contributed by atoms with Crippen molar-refractivity contribution in [3.05, 3.63) is 54.1 Å². The molecule has 6 nitrogen and oxygen atoms in total. The van der Waals surface area contributed by atoms with E-state index in [-0.39, 0.29) is 12.3 Å². The lowest BCUT2D eigenvalue weighted by molar-refractivity contribution is -0.154. The summed E-state index contributed by atoms with van der Waals surface area (Å²) in [5.74, 6) is -1.24. The first-order chi connectivity index (χ1) is 9.66. The van der Waals surface area contributed by atoms with Crippen molar-refractivity contribution >= 4 is 11.9 Å². The molecule has 6 heteroatoms. The van der Waals surface area contributed by atoms with E-state index in [9.17, 15) is 9.59 Å². The van der Waals surface area contributed by atoms with Crippen LogP contribution in [0.3, 0.4) is 0 Å². The van der Waals surface area contributed by atoms with Gasteiger partial charge >= 0.3 is 11.9 Å². The van der Waals surface area contributed by atoms with Gasteiger partial charge in [-0.3, -0.25) is 0 Å². The molecule has 1 aromatic heterocycles. The number of hydrogen-bond acceptors (Lipinski definition) is 5. The summed E-state index contributed by atoms with van der Waals surface area (Å²) < 4.78 is 10.0. The second kappa shape index (κ2) is 6.51. The molecule has 0 amide bonds. The van der Waals surface area contributed by atoms with Gasteiger partial charge in [-0.2, -0.15) is 0 Å². The highest BCUT2D eigenvalue weighted by Gasteiger charge is 2.20. The second-order valence-electron chi connectivity index (χ2n) is 4.11. The second-order valence-corrected chi connectivity index (χ2v) is 4.11. The van der Waals surface area contributed by atoms with Crippen molar-refractivity contribution in [1.82, 2.24) is 9.97 Å². The number of nitrogens with one attached hydrogen (secondary N) is 1. The molecular weight excluding hydrogens is 260 g/mol. The lowest BCUT2D eigenvalue weighted by Gasteiger charge is -2.12. The number of rotatable bonds is 5. The highest BCUT2D eigenvalue weighted by molar-refractivity contribution is 5.89. The number of nitrogens with zero attached hydrogens (tertiary/aromatic N) is 1. The monoisotopic (exact) mass is 274 g/mol. The number of imidazole rings is 1. The largest absolute Gasteiger partial charge is 0.458 e. The Morgan fingerprint density at radius 2 is 2.05 bits per heavy atom. The van der Waals surface area contributed by atoms with E-state index in [2.05, 4.69) is 9.97 Å². The molecule has 0 aliphatic carbocycles. The molecule has 1 atom stereocenters. The van der Waals surface area contributed by atoms with Crippen molar-refractivity contribution in [2.75, 3.05) is 0 Å². The van der Waals surface area contributed by atoms with E-state index < -0.39 is 18.0 Å². The number of esters is 2. The number of carbonyl (C=O) groups excluding carboxylic acids is 2. The van der Waals surface area contributed by atoms with Crippen LogP contribution >= 0.6 is 0 Å². The molecule has 20 heavy (non-hydrogen) atoms. The Labute approximate surface area is 115 Å². The predicted octanol–water partition coefficient (Wildman–Crippen LogP) is 1.70. The molecule has 0 saturated heterocycles. The normalized spacial score (nSPS) is 11.7. The Morgan fingerprint density at radius 1 is 1.30 bits per heavy atom. The first-order valence-electron chi connectivity index (χ1n) is 6.06. The zero-order chi connectivity index (χ0) is 14.4. The molecule has 2 aromatic rings. The third-order valence-corrected chi connectivity index (χ3v) is 2.56. The quantitative estimate of drug-likeness (QED) is 0.839. The van der Waals surface area contributed by atoms with Gasteiger partial charge in [0.05, 0.1) is 12.5 Å². The van der Waals surface area contributed by atoms with Crippen LogP contribution in [0.1, 0.15) is 23.0 Å². The smallest absolute Gasteiger partial charge is 0.357 e. The van der Waals surface area contributed by atoms with Crippen LogP contribution < -0.4 is 0 Å². The molecule has 0 fully saturated rings. The summed E-state index contributed by atoms with van der Waals surface area (Å²) in [6.45, 7) is 1.60. The lowest BCUT2D eigenvalue weighted by Crippen LogP contribution is -2.26. The highest BCUT2D eigenvalue weighted by Crippen LogP contribution is 2.05. The fourth-order valence-electron chi connectivity index (χ4n) is 1.49. The summed E-state index contributed by atoms with van der Waals surface area (Å²) in [5, 5.41) is 0. The highest BCUT2D eigenvalue weighted by atomic mass is 16.6. The topological polar surface area (TPSA) is 81.3 Å². The fourth-order valence-corrected chi connectivity index (χ4v) is 1.49. The van der Waals surface area contributed by atoms with E-state index in [1.54, 1.807) is 0 Å². The molecular formula is C14H14N2O4. The number of ether oxygens (including phenoxy) is 2. The van der Waals surface area contributed by atoms with Crippen molar-refractivity contribution in [2.24, 2.45) is 0 Å². The Hall–Kier alpha value is -2.63. The SMILES string of the molecule is C[C@@H](OC(=O)c1cnc[nH]1)C(=O)OCc1ccccc1. The van der Waals surface area contributed by atoms with Crippen LogP contribution in [0, 0.1) is 0 Å². The van der Waals surface area contributed by atoms with Gasteiger partial charge in [-0.1, -0.05) is 30.3 Å². The molecule has 0 aliphatic heterocycles. The molecule has 1 N–H and O–H groups in total. The minimum absolute atomic E-state index is 0.144. The van der Waals surface area contributed by atoms with E-state index in [1.807, 2.05) is 30.3 Å². The summed E-state index contributed by atoms with van der Waals surface area (Å²) >= 11 is 0. The van der Waals surface area contributed by atoms with Gasteiger partial charge in [-0.25, -0.2) is 14.6 Å². The number of benzene rings is 1. The summed E-state index contributed by atoms with van der Waals surface area (Å²) in [6, 6.07) is 9.26. The minimum Gasteiger partial charge on any atom is -0.458 e. The number of carbonyl (C=O) groups is 2. The van der Waals surface area contributed by atoms with E-state index >= 15 is 0 Å². The maximum absolute atomic E-state index is 11.7. The Balaban J connectivity index is 1.82. The fraction of sp³-hybridized carbons (Fsp3) is 0.214. The molecule has 0 saturated carbocycles. The van der Waals surface area contributed by atoms with Gasteiger partial charge in [0.1, 0.15) is 12.3 Å². The van der Waals surface area contributed by atoms with Crippen LogP contribution in [0.2, 0.25) is 0 Å². The average molecular weight is 274 g/mol. The van der Waals surface area contributed by atoms with E-state index in [1.165, 1.54) is 19.4 Å². The maximum atomic E-state index is 11.7. The number of aromatic amines is 1. The van der Waals surface area contributed by atoms with Crippen LogP contribution in [0.4, 0.5) is 0 Å². The molecule has 0 bridgehead atoms. The predicted molar refractivity (Wildman–Crippen MR) is 69.7 cm³/mol. The molecule has 0 aliphatic rings. The summed E-state index contributed by atoms with van der Waals surface area (Å²) in [5.41, 5.74) is 1.06. The van der Waals surface area contributed by atoms with Crippen molar-refractivity contribution in [1.29, 1.82) is 0 Å². The molecule has 0 spiro atoms. The van der Waals surface area contributed by atoms with Gasteiger partial charge in [-0.05, 0) is 12.5 Å². The summed E-state index contributed by atoms with van der Waals surface area (Å²) in [7, 11) is 0. The summed E-state index contributed by atoms with van der Waals surface area (Å²) in [6.07, 6.45) is 1.70. The average Bonchev–Trinajstić information content (AvgIpc) is 3.00. The van der Waals surface area contributed by atoms with Gasteiger partial charge < -0.3 is 14.5 Å². The Morgan fingerprint density at radius 3 is 2.70 bits per heavy atom. The maximum Gasteiger partial charge on any atom is 0.357 e. The zero-order valence-corrected chi connectivity index (χ0v) is 10.9. The molecule has 2 rings (SSSR count). The minimum atomic E-state index is -0.977. The van der Waals surface area contributed by atoms with Gasteiger partial charge in [-0.15, -0.1) is 0 Å². The van der Waals surface area contributed by atoms with E-state index in [0.29, 0.717) is 0 Å². The number of aromatic nitrogens is 2. The third kappa shape index (κ3) is 3.68. The first kappa shape index (κ1) is 13.8. The molecule has 104 valence electrons. The van der Waals surface area contributed by atoms with Crippen molar-refractivity contribution in [3.8, 4) is 0 Å². The Kier molecular flexibility index (Phi) is 4.49. The number of hydrogen-bond donors (Lipinski definition) is 1. The molecule has 1 heterocycles. The van der Waals surface area contributed by atoms with Crippen LogP contribution in [0.5, 0.6) is 0 Å². The van der Waals surface area contributed by atoms with Crippen molar-refractivity contribution in [2.45, 2.75) is 19.6 Å². The first-order valence-corrected chi connectivity index (χ1v) is 6.06. The standard InChI is InChI=1S/C14H14N2O4/c1-10(20-14(18)12-7-15-9-16-12)13(17)19-8-11-5-3-2-4-6-11/h2-7,9-10H,8H2,1H3,(H,15,16)/t10-/m1/s1. The molecule has 1 aromatic carbocycles. The third-order valence-electron chi connectivity index (χ3n) is 2.56. The Bertz CT molecular complexity index is 566. The van der Waals surface area contributed by atoms with E-state index in [4.69, 9.17) is 9.47 Å². The van der Waals surface area contributed by atoms with Gasteiger partial charge in [0.2, 0.25) is 0 Å². The van der Waals surface area contributed by atoms with Gasteiger partial charge in [0, 0.05) is 0 Å². The molecule has 0 radical (unpaired) electrons. The lowest BCUT2D eigenvalue weighted by atomic mass is 10.2. The van der Waals surface area contributed by atoms with Crippen LogP contribution in [0.25, 0.3) is 0 Å². The molecule has 0 unspecified atom stereocenters. The van der Waals surface area contributed by atoms with Crippen LogP contribution in [-0.2, 0) is 20.9 Å². The van der Waals surface area contributed by atoms with Crippen LogP contribution in [0.15, 0.2) is 42.9 Å². The van der Waals surface area contributed by atoms with Crippen molar-refractivity contribution in [3.63, 3.8) is 0 Å². The summed E-state index contributed by atoms with van der Waals surface area (Å²) in [4.78, 5) is 29.6. The van der Waals surface area contributed by atoms with Crippen molar-refractivity contribution < 1.29 is 19.1 Å². The zero-order valence-electron chi connectivity index (χ0n) is 10.9. The number of H-pyrrole nitrogens is 1. The van der Waals surface area contributed by atoms with E-state index in [0.717, 1.165) is 5.56 Å². The van der Waals surface area contributed by atoms with Gasteiger partial charge in [0.25, 0.3) is 0 Å². The van der Waals surface area contributed by atoms with Crippen LogP contribution in [-0.4, -0.2) is 28.0 Å². The van der Waals surface area contributed by atoms with Gasteiger partial charge in [0.15, 0.2) is 6.10 Å².